The molecule has 1 heterocycles. The van der Waals surface area contributed by atoms with Crippen LogP contribution in [0.15, 0.2) is 24.3 Å². The van der Waals surface area contributed by atoms with Crippen molar-refractivity contribution in [2.24, 2.45) is 11.8 Å². The number of rotatable bonds is 4. The number of methoxy groups -OCH3 is 1. The van der Waals surface area contributed by atoms with Gasteiger partial charge in [-0.05, 0) is 49.9 Å². The van der Waals surface area contributed by atoms with Gasteiger partial charge in [-0.3, -0.25) is 9.59 Å². The van der Waals surface area contributed by atoms with Crippen LogP contribution in [0.25, 0.3) is 0 Å². The van der Waals surface area contributed by atoms with Gasteiger partial charge in [0.15, 0.2) is 5.78 Å². The van der Waals surface area contributed by atoms with Crippen LogP contribution < -0.4 is 4.74 Å². The Kier molecular flexibility index (Phi) is 3.95. The highest BCUT2D eigenvalue weighted by atomic mass is 16.5. The van der Waals surface area contributed by atoms with Crippen molar-refractivity contribution in [3.05, 3.63) is 29.8 Å². The first-order chi connectivity index (χ1) is 10.2. The van der Waals surface area contributed by atoms with Gasteiger partial charge in [0.25, 0.3) is 0 Å². The van der Waals surface area contributed by atoms with Gasteiger partial charge in [-0.25, -0.2) is 0 Å². The number of ether oxygens (including phenoxy) is 1. The van der Waals surface area contributed by atoms with E-state index in [1.165, 1.54) is 0 Å². The molecule has 0 unspecified atom stereocenters. The van der Waals surface area contributed by atoms with Crippen LogP contribution in [0.4, 0.5) is 0 Å². The lowest BCUT2D eigenvalue weighted by Crippen LogP contribution is -2.41. The highest BCUT2D eigenvalue weighted by Gasteiger charge is 2.36. The molecule has 2 fully saturated rings. The number of likely N-dealkylation sites (tertiary alicyclic amines) is 1. The zero-order valence-corrected chi connectivity index (χ0v) is 12.4. The molecule has 0 atom stereocenters. The Balaban J connectivity index is 1.57. The van der Waals surface area contributed by atoms with E-state index in [0.717, 1.165) is 50.1 Å². The molecule has 0 spiro atoms. The molecule has 21 heavy (non-hydrogen) atoms. The number of carbonyl (C=O) groups is 2. The number of nitrogens with zero attached hydrogens (tertiary/aromatic N) is 1. The Morgan fingerprint density at radius 2 is 1.62 bits per heavy atom. The van der Waals surface area contributed by atoms with Crippen LogP contribution in [0.2, 0.25) is 0 Å². The number of hydrogen-bond donors (Lipinski definition) is 0. The third-order valence-corrected chi connectivity index (χ3v) is 4.48. The summed E-state index contributed by atoms with van der Waals surface area (Å²) in [6.07, 6.45) is 3.65. The van der Waals surface area contributed by atoms with Crippen LogP contribution in [-0.4, -0.2) is 36.8 Å². The lowest BCUT2D eigenvalue weighted by atomic mass is 9.88. The summed E-state index contributed by atoms with van der Waals surface area (Å²) in [6.45, 7) is 1.45. The van der Waals surface area contributed by atoms with Crippen LogP contribution in [0.1, 0.15) is 36.0 Å². The highest BCUT2D eigenvalue weighted by molar-refractivity contribution is 5.98. The first kappa shape index (κ1) is 14.1. The first-order valence-corrected chi connectivity index (χ1v) is 7.66. The lowest BCUT2D eigenvalue weighted by Gasteiger charge is -2.31. The SMILES string of the molecule is COc1ccc(C(=O)C2CCN(C(=O)C3CC3)CC2)cc1. The second kappa shape index (κ2) is 5.88. The minimum absolute atomic E-state index is 0.0432. The number of ketones is 1. The summed E-state index contributed by atoms with van der Waals surface area (Å²) < 4.78 is 5.11. The summed E-state index contributed by atoms with van der Waals surface area (Å²) in [5.74, 6) is 1.57. The predicted octanol–water partition coefficient (Wildman–Crippen LogP) is 2.53. The molecule has 0 bridgehead atoms. The van der Waals surface area contributed by atoms with Crippen molar-refractivity contribution in [1.82, 2.24) is 4.90 Å². The molecule has 4 nitrogen and oxygen atoms in total. The Morgan fingerprint density at radius 3 is 2.14 bits per heavy atom. The minimum atomic E-state index is 0.0432. The van der Waals surface area contributed by atoms with Crippen molar-refractivity contribution in [2.75, 3.05) is 20.2 Å². The maximum atomic E-state index is 12.5. The van der Waals surface area contributed by atoms with E-state index in [-0.39, 0.29) is 17.6 Å². The number of piperidine rings is 1. The molecule has 2 aliphatic rings. The molecule has 1 aromatic carbocycles. The molecule has 1 saturated carbocycles. The zero-order chi connectivity index (χ0) is 14.8. The van der Waals surface area contributed by atoms with Crippen LogP contribution in [0, 0.1) is 11.8 Å². The second-order valence-corrected chi connectivity index (χ2v) is 5.97. The molecular formula is C17H21NO3. The van der Waals surface area contributed by atoms with Gasteiger partial charge in [0.05, 0.1) is 7.11 Å². The van der Waals surface area contributed by atoms with Crippen molar-refractivity contribution >= 4 is 11.7 Å². The molecule has 0 radical (unpaired) electrons. The molecule has 1 saturated heterocycles. The van der Waals surface area contributed by atoms with Gasteiger partial charge in [-0.1, -0.05) is 0 Å². The van der Waals surface area contributed by atoms with Crippen LogP contribution in [0.3, 0.4) is 0 Å². The minimum Gasteiger partial charge on any atom is -0.497 e. The summed E-state index contributed by atoms with van der Waals surface area (Å²) in [4.78, 5) is 26.4. The molecule has 4 heteroatoms. The third-order valence-electron chi connectivity index (χ3n) is 4.48. The largest absolute Gasteiger partial charge is 0.497 e. The van der Waals surface area contributed by atoms with Gasteiger partial charge < -0.3 is 9.64 Å². The van der Waals surface area contributed by atoms with E-state index in [1.54, 1.807) is 7.11 Å². The number of amides is 1. The molecule has 3 rings (SSSR count). The van der Waals surface area contributed by atoms with Crippen molar-refractivity contribution in [3.8, 4) is 5.75 Å². The number of hydrogen-bond acceptors (Lipinski definition) is 3. The normalized spacial score (nSPS) is 19.4. The van der Waals surface area contributed by atoms with Crippen molar-refractivity contribution in [1.29, 1.82) is 0 Å². The van der Waals surface area contributed by atoms with E-state index < -0.39 is 0 Å². The van der Waals surface area contributed by atoms with Gasteiger partial charge in [0.1, 0.15) is 5.75 Å². The maximum Gasteiger partial charge on any atom is 0.225 e. The molecule has 1 aliphatic carbocycles. The van der Waals surface area contributed by atoms with E-state index >= 15 is 0 Å². The van der Waals surface area contributed by atoms with Gasteiger partial charge >= 0.3 is 0 Å². The summed E-state index contributed by atoms with van der Waals surface area (Å²) >= 11 is 0. The summed E-state index contributed by atoms with van der Waals surface area (Å²) in [5.41, 5.74) is 0.739. The Hall–Kier alpha value is -1.84. The Morgan fingerprint density at radius 1 is 1.00 bits per heavy atom. The molecule has 1 aliphatic heterocycles. The lowest BCUT2D eigenvalue weighted by molar-refractivity contribution is -0.133. The molecular weight excluding hydrogens is 266 g/mol. The average molecular weight is 287 g/mol. The van der Waals surface area contributed by atoms with E-state index in [0.29, 0.717) is 5.91 Å². The predicted molar refractivity (Wildman–Crippen MR) is 79.4 cm³/mol. The van der Waals surface area contributed by atoms with Crippen molar-refractivity contribution in [3.63, 3.8) is 0 Å². The summed E-state index contributed by atoms with van der Waals surface area (Å²) in [5, 5.41) is 0. The highest BCUT2D eigenvalue weighted by Crippen LogP contribution is 2.33. The first-order valence-electron chi connectivity index (χ1n) is 7.66. The van der Waals surface area contributed by atoms with E-state index in [2.05, 4.69) is 0 Å². The number of carbonyl (C=O) groups excluding carboxylic acids is 2. The van der Waals surface area contributed by atoms with Crippen molar-refractivity contribution < 1.29 is 14.3 Å². The fourth-order valence-electron chi connectivity index (χ4n) is 2.94. The molecule has 112 valence electrons. The van der Waals surface area contributed by atoms with E-state index in [9.17, 15) is 9.59 Å². The Bertz CT molecular complexity index is 525. The third kappa shape index (κ3) is 3.09. The smallest absolute Gasteiger partial charge is 0.225 e. The number of Topliss-reactive ketones (excluding diaryl/α,β-unsaturated/α-hetero) is 1. The van der Waals surface area contributed by atoms with Gasteiger partial charge in [0, 0.05) is 30.5 Å². The molecule has 0 aromatic heterocycles. The van der Waals surface area contributed by atoms with E-state index in [4.69, 9.17) is 4.74 Å². The number of benzene rings is 1. The van der Waals surface area contributed by atoms with Crippen LogP contribution in [-0.2, 0) is 4.79 Å². The molecule has 1 aromatic rings. The maximum absolute atomic E-state index is 12.5. The molecule has 0 N–H and O–H groups in total. The van der Waals surface area contributed by atoms with Crippen LogP contribution >= 0.6 is 0 Å². The van der Waals surface area contributed by atoms with Crippen molar-refractivity contribution in [2.45, 2.75) is 25.7 Å². The molecule has 1 amide bonds. The fourth-order valence-corrected chi connectivity index (χ4v) is 2.94. The second-order valence-electron chi connectivity index (χ2n) is 5.97. The zero-order valence-electron chi connectivity index (χ0n) is 12.4. The Labute approximate surface area is 125 Å². The topological polar surface area (TPSA) is 46.6 Å². The quantitative estimate of drug-likeness (QED) is 0.799. The van der Waals surface area contributed by atoms with Gasteiger partial charge in [-0.2, -0.15) is 0 Å². The summed E-state index contributed by atoms with van der Waals surface area (Å²) in [6, 6.07) is 7.28. The van der Waals surface area contributed by atoms with Crippen LogP contribution in [0.5, 0.6) is 5.75 Å². The van der Waals surface area contributed by atoms with Gasteiger partial charge in [0.2, 0.25) is 5.91 Å². The average Bonchev–Trinajstić information content (AvgIpc) is 3.39. The monoisotopic (exact) mass is 287 g/mol. The van der Waals surface area contributed by atoms with Gasteiger partial charge in [-0.15, -0.1) is 0 Å². The fraction of sp³-hybridized carbons (Fsp3) is 0.529. The standard InChI is InChI=1S/C17H21NO3/c1-21-15-6-4-12(5-7-15)16(19)13-8-10-18(11-9-13)17(20)14-2-3-14/h4-7,13-14H,2-3,8-11H2,1H3. The van der Waals surface area contributed by atoms with E-state index in [1.807, 2.05) is 29.2 Å². The summed E-state index contributed by atoms with van der Waals surface area (Å²) in [7, 11) is 1.61.